The second-order valence-corrected chi connectivity index (χ2v) is 4.54. The van der Waals surface area contributed by atoms with Crippen LogP contribution in [0.3, 0.4) is 0 Å². The molecule has 1 atom stereocenters. The molecule has 5 heteroatoms. The van der Waals surface area contributed by atoms with Crippen molar-refractivity contribution in [2.24, 2.45) is 0 Å². The Hall–Kier alpha value is -0.550. The first-order chi connectivity index (χ1) is 6.72. The molecular formula is C9H16N2O2S. The molecule has 1 aromatic rings. The van der Waals surface area contributed by atoms with Crippen LogP contribution in [0.2, 0.25) is 0 Å². The SMILES string of the molecule is COCCC(C)SCc1nnc(C)o1. The van der Waals surface area contributed by atoms with Crippen LogP contribution < -0.4 is 0 Å². The van der Waals surface area contributed by atoms with Gasteiger partial charge in [0.15, 0.2) is 0 Å². The van der Waals surface area contributed by atoms with Crippen LogP contribution in [0.4, 0.5) is 0 Å². The first-order valence-corrected chi connectivity index (χ1v) is 5.66. The summed E-state index contributed by atoms with van der Waals surface area (Å²) in [6.45, 7) is 4.78. The smallest absolute Gasteiger partial charge is 0.226 e. The van der Waals surface area contributed by atoms with Gasteiger partial charge >= 0.3 is 0 Å². The van der Waals surface area contributed by atoms with Gasteiger partial charge < -0.3 is 9.15 Å². The Kier molecular flexibility index (Phi) is 4.97. The molecule has 0 aromatic carbocycles. The van der Waals surface area contributed by atoms with E-state index in [0.29, 0.717) is 17.0 Å². The molecule has 1 heterocycles. The average Bonchev–Trinajstić information content (AvgIpc) is 2.58. The van der Waals surface area contributed by atoms with E-state index in [1.807, 2.05) is 0 Å². The van der Waals surface area contributed by atoms with Gasteiger partial charge in [0.25, 0.3) is 0 Å². The van der Waals surface area contributed by atoms with Crippen molar-refractivity contribution in [1.29, 1.82) is 0 Å². The van der Waals surface area contributed by atoms with Crippen LogP contribution in [0.5, 0.6) is 0 Å². The standard InChI is InChI=1S/C9H16N2O2S/c1-7(4-5-12-3)14-6-9-11-10-8(2)13-9/h7H,4-6H2,1-3H3. The highest BCUT2D eigenvalue weighted by molar-refractivity contribution is 7.99. The molecule has 0 aliphatic rings. The molecule has 0 saturated heterocycles. The fraction of sp³-hybridized carbons (Fsp3) is 0.778. The van der Waals surface area contributed by atoms with E-state index in [4.69, 9.17) is 9.15 Å². The fourth-order valence-corrected chi connectivity index (χ4v) is 1.78. The normalized spacial score (nSPS) is 13.1. The highest BCUT2D eigenvalue weighted by Crippen LogP contribution is 2.18. The number of hydrogen-bond acceptors (Lipinski definition) is 5. The van der Waals surface area contributed by atoms with Gasteiger partial charge in [-0.2, -0.15) is 0 Å². The van der Waals surface area contributed by atoms with Gasteiger partial charge in [0.05, 0.1) is 5.75 Å². The summed E-state index contributed by atoms with van der Waals surface area (Å²) in [6.07, 6.45) is 1.05. The minimum atomic E-state index is 0.558. The van der Waals surface area contributed by atoms with Gasteiger partial charge in [-0.15, -0.1) is 22.0 Å². The van der Waals surface area contributed by atoms with E-state index in [2.05, 4.69) is 17.1 Å². The molecule has 0 N–H and O–H groups in total. The average molecular weight is 216 g/mol. The number of rotatable bonds is 6. The Morgan fingerprint density at radius 1 is 1.50 bits per heavy atom. The Morgan fingerprint density at radius 3 is 2.86 bits per heavy atom. The topological polar surface area (TPSA) is 48.2 Å². The molecular weight excluding hydrogens is 200 g/mol. The molecule has 1 unspecified atom stereocenters. The van der Waals surface area contributed by atoms with E-state index >= 15 is 0 Å². The number of ether oxygens (including phenoxy) is 1. The zero-order valence-corrected chi connectivity index (χ0v) is 9.63. The third-order valence-corrected chi connectivity index (χ3v) is 3.01. The van der Waals surface area contributed by atoms with Crippen molar-refractivity contribution in [1.82, 2.24) is 10.2 Å². The van der Waals surface area contributed by atoms with E-state index in [0.717, 1.165) is 18.8 Å². The summed E-state index contributed by atoms with van der Waals surface area (Å²) in [5.74, 6) is 2.12. The molecule has 4 nitrogen and oxygen atoms in total. The van der Waals surface area contributed by atoms with E-state index in [-0.39, 0.29) is 0 Å². The molecule has 1 aromatic heterocycles. The molecule has 0 bridgehead atoms. The molecule has 0 radical (unpaired) electrons. The predicted molar refractivity (Wildman–Crippen MR) is 56.3 cm³/mol. The van der Waals surface area contributed by atoms with Crippen LogP contribution in [0.1, 0.15) is 25.1 Å². The van der Waals surface area contributed by atoms with Crippen LogP contribution in [0, 0.1) is 6.92 Å². The second kappa shape index (κ2) is 6.03. The van der Waals surface area contributed by atoms with Crippen molar-refractivity contribution >= 4 is 11.8 Å². The molecule has 0 saturated carbocycles. The predicted octanol–water partition coefficient (Wildman–Crippen LogP) is 2.04. The summed E-state index contributed by atoms with van der Waals surface area (Å²) >= 11 is 1.81. The Labute approximate surface area is 88.4 Å². The summed E-state index contributed by atoms with van der Waals surface area (Å²) in [6, 6.07) is 0. The lowest BCUT2D eigenvalue weighted by Crippen LogP contribution is -2.01. The van der Waals surface area contributed by atoms with Gasteiger partial charge in [-0.05, 0) is 6.42 Å². The van der Waals surface area contributed by atoms with Crippen molar-refractivity contribution in [3.05, 3.63) is 11.8 Å². The number of hydrogen-bond donors (Lipinski definition) is 0. The number of nitrogens with zero attached hydrogens (tertiary/aromatic N) is 2. The van der Waals surface area contributed by atoms with Crippen LogP contribution in [0.15, 0.2) is 4.42 Å². The van der Waals surface area contributed by atoms with Crippen LogP contribution in [-0.2, 0) is 10.5 Å². The monoisotopic (exact) mass is 216 g/mol. The number of thioether (sulfide) groups is 1. The highest BCUT2D eigenvalue weighted by atomic mass is 32.2. The zero-order chi connectivity index (χ0) is 10.4. The van der Waals surface area contributed by atoms with Crippen molar-refractivity contribution in [3.8, 4) is 0 Å². The van der Waals surface area contributed by atoms with Gasteiger partial charge in [0.1, 0.15) is 0 Å². The zero-order valence-electron chi connectivity index (χ0n) is 8.82. The summed E-state index contributed by atoms with van der Waals surface area (Å²) in [7, 11) is 1.72. The summed E-state index contributed by atoms with van der Waals surface area (Å²) in [4.78, 5) is 0. The Morgan fingerprint density at radius 2 is 2.29 bits per heavy atom. The lowest BCUT2D eigenvalue weighted by Gasteiger charge is -2.07. The van der Waals surface area contributed by atoms with Gasteiger partial charge in [0, 0.05) is 25.9 Å². The lowest BCUT2D eigenvalue weighted by atomic mass is 10.3. The minimum Gasteiger partial charge on any atom is -0.425 e. The van der Waals surface area contributed by atoms with Gasteiger partial charge in [-0.1, -0.05) is 6.92 Å². The van der Waals surface area contributed by atoms with Crippen LogP contribution in [0.25, 0.3) is 0 Å². The molecule has 0 aliphatic carbocycles. The van der Waals surface area contributed by atoms with E-state index < -0.39 is 0 Å². The summed E-state index contributed by atoms with van der Waals surface area (Å²) in [5.41, 5.74) is 0. The molecule has 1 rings (SSSR count). The fourth-order valence-electron chi connectivity index (χ4n) is 0.977. The maximum absolute atomic E-state index is 5.26. The van der Waals surface area contributed by atoms with Gasteiger partial charge in [-0.3, -0.25) is 0 Å². The van der Waals surface area contributed by atoms with Crippen molar-refractivity contribution in [2.45, 2.75) is 31.3 Å². The number of aryl methyl sites for hydroxylation is 1. The maximum Gasteiger partial charge on any atom is 0.226 e. The minimum absolute atomic E-state index is 0.558. The Balaban J connectivity index is 2.20. The summed E-state index contributed by atoms with van der Waals surface area (Å²) in [5, 5.41) is 8.26. The van der Waals surface area contributed by atoms with Crippen LogP contribution in [-0.4, -0.2) is 29.2 Å². The molecule has 0 aliphatic heterocycles. The van der Waals surface area contributed by atoms with Crippen LogP contribution >= 0.6 is 11.8 Å². The van der Waals surface area contributed by atoms with Gasteiger partial charge in [0.2, 0.25) is 11.8 Å². The molecule has 0 fully saturated rings. The van der Waals surface area contributed by atoms with E-state index in [1.54, 1.807) is 25.8 Å². The second-order valence-electron chi connectivity index (χ2n) is 3.12. The van der Waals surface area contributed by atoms with Gasteiger partial charge in [-0.25, -0.2) is 0 Å². The lowest BCUT2D eigenvalue weighted by molar-refractivity contribution is 0.195. The Bertz CT molecular complexity index is 265. The molecule has 80 valence electrons. The van der Waals surface area contributed by atoms with E-state index in [1.165, 1.54) is 0 Å². The third kappa shape index (κ3) is 4.11. The van der Waals surface area contributed by atoms with Crippen molar-refractivity contribution in [2.75, 3.05) is 13.7 Å². The van der Waals surface area contributed by atoms with Crippen molar-refractivity contribution < 1.29 is 9.15 Å². The number of aromatic nitrogens is 2. The third-order valence-electron chi connectivity index (χ3n) is 1.79. The van der Waals surface area contributed by atoms with Crippen molar-refractivity contribution in [3.63, 3.8) is 0 Å². The quantitative estimate of drug-likeness (QED) is 0.728. The maximum atomic E-state index is 5.26. The largest absolute Gasteiger partial charge is 0.425 e. The first kappa shape index (κ1) is 11.5. The molecule has 0 amide bonds. The number of methoxy groups -OCH3 is 1. The van der Waals surface area contributed by atoms with E-state index in [9.17, 15) is 0 Å². The molecule has 0 spiro atoms. The summed E-state index contributed by atoms with van der Waals surface area (Å²) < 4.78 is 10.3. The first-order valence-electron chi connectivity index (χ1n) is 4.62. The molecule has 14 heavy (non-hydrogen) atoms. The highest BCUT2D eigenvalue weighted by Gasteiger charge is 2.06.